The fourth-order valence-electron chi connectivity index (χ4n) is 4.03. The minimum atomic E-state index is -0.415. The number of Topliss-reactive ketones (excluding diaryl/α,β-unsaturated/α-hetero) is 1. The topological polar surface area (TPSA) is 76.1 Å². The summed E-state index contributed by atoms with van der Waals surface area (Å²) >= 11 is 0. The van der Waals surface area contributed by atoms with Gasteiger partial charge >= 0.3 is 5.97 Å². The number of hydrogen-bond donors (Lipinski definition) is 1. The van der Waals surface area contributed by atoms with E-state index >= 15 is 0 Å². The number of ether oxygens (including phenoxy) is 2. The number of likely N-dealkylation sites (tertiary alicyclic amines) is 1. The standard InChI is InChI=1S/C24H25NO5/c1-15-5-3-4-12-25(15)14-19-20(26)11-10-18-22(27)21(30-23(18)19)13-16-6-8-17(9-7-16)24(28)29-2/h6-11,13,15,26H,3-5,12,14H2,1-2H3/b21-13-/t15-/m1/s1. The van der Waals surface area contributed by atoms with Crippen LogP contribution in [0.3, 0.4) is 0 Å². The summed E-state index contributed by atoms with van der Waals surface area (Å²) in [5, 5.41) is 10.5. The number of carbonyl (C=O) groups excluding carboxylic acids is 2. The number of phenolic OH excluding ortho intramolecular Hbond substituents is 1. The molecule has 30 heavy (non-hydrogen) atoms. The molecule has 0 bridgehead atoms. The molecule has 2 aromatic carbocycles. The van der Waals surface area contributed by atoms with Crippen LogP contribution < -0.4 is 4.74 Å². The van der Waals surface area contributed by atoms with E-state index in [1.54, 1.807) is 42.5 Å². The van der Waals surface area contributed by atoms with E-state index < -0.39 is 5.97 Å². The smallest absolute Gasteiger partial charge is 0.337 e. The van der Waals surface area contributed by atoms with E-state index in [1.165, 1.54) is 13.5 Å². The first kappa shape index (κ1) is 20.2. The Hall–Kier alpha value is -3.12. The maximum atomic E-state index is 12.9. The van der Waals surface area contributed by atoms with Crippen molar-refractivity contribution < 1.29 is 24.2 Å². The molecule has 0 unspecified atom stereocenters. The zero-order chi connectivity index (χ0) is 21.3. The van der Waals surface area contributed by atoms with Gasteiger partial charge in [-0.05, 0) is 62.2 Å². The molecular weight excluding hydrogens is 382 g/mol. The van der Waals surface area contributed by atoms with Gasteiger partial charge in [-0.3, -0.25) is 9.69 Å². The van der Waals surface area contributed by atoms with Gasteiger partial charge in [0.05, 0.1) is 23.8 Å². The minimum absolute atomic E-state index is 0.142. The third-order valence-electron chi connectivity index (χ3n) is 5.85. The second-order valence-corrected chi connectivity index (χ2v) is 7.81. The van der Waals surface area contributed by atoms with Crippen LogP contribution in [0.1, 0.15) is 58.0 Å². The molecule has 1 fully saturated rings. The second-order valence-electron chi connectivity index (χ2n) is 7.81. The van der Waals surface area contributed by atoms with E-state index in [-0.39, 0.29) is 17.3 Å². The van der Waals surface area contributed by atoms with Crippen molar-refractivity contribution in [3.05, 3.63) is 64.4 Å². The Morgan fingerprint density at radius 2 is 2.00 bits per heavy atom. The van der Waals surface area contributed by atoms with Crippen molar-refractivity contribution in [3.63, 3.8) is 0 Å². The van der Waals surface area contributed by atoms with Gasteiger partial charge in [0.25, 0.3) is 0 Å². The zero-order valence-electron chi connectivity index (χ0n) is 17.2. The average molecular weight is 407 g/mol. The van der Waals surface area contributed by atoms with Crippen LogP contribution in [0.2, 0.25) is 0 Å². The molecule has 0 radical (unpaired) electrons. The van der Waals surface area contributed by atoms with Gasteiger partial charge in [0.1, 0.15) is 11.5 Å². The normalized spacial score (nSPS) is 20.1. The van der Waals surface area contributed by atoms with Crippen molar-refractivity contribution in [1.82, 2.24) is 4.90 Å². The van der Waals surface area contributed by atoms with Crippen molar-refractivity contribution in [2.45, 2.75) is 38.8 Å². The van der Waals surface area contributed by atoms with E-state index in [0.29, 0.717) is 35.0 Å². The molecule has 156 valence electrons. The molecule has 0 spiro atoms. The van der Waals surface area contributed by atoms with Gasteiger partial charge < -0.3 is 14.6 Å². The summed E-state index contributed by atoms with van der Waals surface area (Å²) < 4.78 is 10.6. The molecular formula is C24H25NO5. The minimum Gasteiger partial charge on any atom is -0.507 e. The number of nitrogens with zero attached hydrogens (tertiary/aromatic N) is 1. The Kier molecular flexibility index (Phi) is 5.59. The molecule has 2 aliphatic heterocycles. The molecule has 1 atom stereocenters. The van der Waals surface area contributed by atoms with E-state index in [4.69, 9.17) is 9.47 Å². The summed E-state index contributed by atoms with van der Waals surface area (Å²) in [6, 6.07) is 10.3. The molecule has 2 aromatic rings. The summed E-state index contributed by atoms with van der Waals surface area (Å²) in [4.78, 5) is 26.8. The molecule has 2 heterocycles. The van der Waals surface area contributed by atoms with Crippen LogP contribution in [-0.4, -0.2) is 41.5 Å². The van der Waals surface area contributed by atoms with Crippen LogP contribution >= 0.6 is 0 Å². The lowest BCUT2D eigenvalue weighted by Gasteiger charge is -2.33. The number of carbonyl (C=O) groups is 2. The van der Waals surface area contributed by atoms with E-state index in [2.05, 4.69) is 11.8 Å². The number of rotatable bonds is 4. The molecule has 6 nitrogen and oxygen atoms in total. The van der Waals surface area contributed by atoms with E-state index in [9.17, 15) is 14.7 Å². The van der Waals surface area contributed by atoms with Crippen LogP contribution in [0, 0.1) is 0 Å². The van der Waals surface area contributed by atoms with Crippen LogP contribution in [-0.2, 0) is 11.3 Å². The van der Waals surface area contributed by atoms with Gasteiger partial charge in [0.2, 0.25) is 5.78 Å². The van der Waals surface area contributed by atoms with E-state index in [0.717, 1.165) is 24.9 Å². The molecule has 6 heteroatoms. The number of esters is 1. The highest BCUT2D eigenvalue weighted by atomic mass is 16.5. The number of fused-ring (bicyclic) bond motifs is 1. The lowest BCUT2D eigenvalue weighted by Crippen LogP contribution is -2.36. The Morgan fingerprint density at radius 3 is 2.70 bits per heavy atom. The van der Waals surface area contributed by atoms with Crippen LogP contribution in [0.5, 0.6) is 11.5 Å². The fourth-order valence-corrected chi connectivity index (χ4v) is 4.03. The van der Waals surface area contributed by atoms with Crippen molar-refractivity contribution in [2.24, 2.45) is 0 Å². The highest BCUT2D eigenvalue weighted by molar-refractivity contribution is 6.15. The van der Waals surface area contributed by atoms with Crippen LogP contribution in [0.15, 0.2) is 42.2 Å². The highest BCUT2D eigenvalue weighted by Crippen LogP contribution is 2.40. The summed E-state index contributed by atoms with van der Waals surface area (Å²) in [7, 11) is 1.33. The molecule has 1 N–H and O–H groups in total. The van der Waals surface area contributed by atoms with Crippen molar-refractivity contribution in [2.75, 3.05) is 13.7 Å². The second kappa shape index (κ2) is 8.32. The summed E-state index contributed by atoms with van der Waals surface area (Å²) in [5.74, 6) is 0.157. The van der Waals surface area contributed by atoms with Crippen molar-refractivity contribution in [3.8, 4) is 11.5 Å². The lowest BCUT2D eigenvalue weighted by atomic mass is 10.0. The van der Waals surface area contributed by atoms with Gasteiger partial charge in [0, 0.05) is 12.6 Å². The third-order valence-corrected chi connectivity index (χ3v) is 5.85. The number of allylic oxidation sites excluding steroid dienone is 1. The number of benzene rings is 2. The predicted molar refractivity (Wildman–Crippen MR) is 113 cm³/mol. The summed E-state index contributed by atoms with van der Waals surface area (Å²) in [6.45, 7) is 3.70. The molecule has 4 rings (SSSR count). The SMILES string of the molecule is COC(=O)c1ccc(/C=C2\Oc3c(ccc(O)c3CN3CCCC[C@H]3C)C2=O)cc1. The summed E-state index contributed by atoms with van der Waals surface area (Å²) in [6.07, 6.45) is 5.12. The number of hydrogen-bond acceptors (Lipinski definition) is 6. The Morgan fingerprint density at radius 1 is 1.23 bits per heavy atom. The van der Waals surface area contributed by atoms with Crippen molar-refractivity contribution >= 4 is 17.8 Å². The predicted octanol–water partition coefficient (Wildman–Crippen LogP) is 4.17. The lowest BCUT2D eigenvalue weighted by molar-refractivity contribution is 0.0600. The number of phenols is 1. The van der Waals surface area contributed by atoms with Gasteiger partial charge in [-0.15, -0.1) is 0 Å². The quantitative estimate of drug-likeness (QED) is 0.606. The third kappa shape index (κ3) is 3.83. The Bertz CT molecular complexity index is 1010. The van der Waals surface area contributed by atoms with Gasteiger partial charge in [-0.2, -0.15) is 0 Å². The van der Waals surface area contributed by atoms with Crippen LogP contribution in [0.25, 0.3) is 6.08 Å². The van der Waals surface area contributed by atoms with Gasteiger partial charge in [0.15, 0.2) is 5.76 Å². The van der Waals surface area contributed by atoms with Crippen molar-refractivity contribution in [1.29, 1.82) is 0 Å². The van der Waals surface area contributed by atoms with Gasteiger partial charge in [-0.1, -0.05) is 18.6 Å². The molecule has 0 saturated carbocycles. The first-order valence-corrected chi connectivity index (χ1v) is 10.2. The zero-order valence-corrected chi connectivity index (χ0v) is 17.2. The first-order valence-electron chi connectivity index (χ1n) is 10.2. The number of piperidine rings is 1. The maximum absolute atomic E-state index is 12.9. The van der Waals surface area contributed by atoms with Crippen LogP contribution in [0.4, 0.5) is 0 Å². The number of aromatic hydroxyl groups is 1. The Labute approximate surface area is 175 Å². The monoisotopic (exact) mass is 407 g/mol. The first-order chi connectivity index (χ1) is 14.5. The highest BCUT2D eigenvalue weighted by Gasteiger charge is 2.32. The largest absolute Gasteiger partial charge is 0.507 e. The number of ketones is 1. The molecule has 0 amide bonds. The maximum Gasteiger partial charge on any atom is 0.337 e. The molecule has 0 aromatic heterocycles. The summed E-state index contributed by atoms with van der Waals surface area (Å²) in [5.41, 5.74) is 2.28. The Balaban J connectivity index is 1.61. The molecule has 1 saturated heterocycles. The molecule has 0 aliphatic carbocycles. The average Bonchev–Trinajstić information content (AvgIpc) is 3.07. The van der Waals surface area contributed by atoms with Gasteiger partial charge in [-0.25, -0.2) is 4.79 Å². The molecule has 2 aliphatic rings. The number of methoxy groups -OCH3 is 1. The fraction of sp³-hybridized carbons (Fsp3) is 0.333. The van der Waals surface area contributed by atoms with E-state index in [1.807, 2.05) is 0 Å².